The van der Waals surface area contributed by atoms with E-state index < -0.39 is 34.3 Å². The van der Waals surface area contributed by atoms with Gasteiger partial charge in [0.25, 0.3) is 0 Å². The molecule has 0 fully saturated rings. The standard InChI is InChI=1S/C27H21NO8/c1-11-23(32)21(13(3)29)25-22(24(11)33)27(4)19(36-25)10-17(31)20(26(27)34)12(2)28-14-5-6-18-15(9-14)16(30)7-8-35-18/h5-10,28,32-33H,1-4H3/t27-/m0/s1. The van der Waals surface area contributed by atoms with Crippen LogP contribution in [0.15, 0.2) is 62.8 Å². The summed E-state index contributed by atoms with van der Waals surface area (Å²) in [4.78, 5) is 51.4. The molecule has 0 unspecified atom stereocenters. The van der Waals surface area contributed by atoms with E-state index in [1.807, 2.05) is 0 Å². The van der Waals surface area contributed by atoms with E-state index in [9.17, 15) is 29.4 Å². The van der Waals surface area contributed by atoms with Crippen molar-refractivity contribution >= 4 is 34.0 Å². The van der Waals surface area contributed by atoms with E-state index in [1.165, 1.54) is 33.1 Å². The first-order valence-corrected chi connectivity index (χ1v) is 11.0. The minimum Gasteiger partial charge on any atom is -0.507 e. The first-order valence-electron chi connectivity index (χ1n) is 11.0. The van der Waals surface area contributed by atoms with Crippen LogP contribution in [0.4, 0.5) is 5.69 Å². The molecule has 0 saturated heterocycles. The van der Waals surface area contributed by atoms with Crippen LogP contribution in [0.25, 0.3) is 11.0 Å². The van der Waals surface area contributed by atoms with Crippen LogP contribution in [0.3, 0.4) is 0 Å². The van der Waals surface area contributed by atoms with Crippen LogP contribution in [-0.4, -0.2) is 27.6 Å². The number of benzene rings is 2. The van der Waals surface area contributed by atoms with Crippen LogP contribution in [0.2, 0.25) is 0 Å². The molecule has 36 heavy (non-hydrogen) atoms. The van der Waals surface area contributed by atoms with E-state index in [-0.39, 0.29) is 44.9 Å². The number of allylic oxidation sites excluding steroid dienone is 4. The largest absolute Gasteiger partial charge is 0.507 e. The lowest BCUT2D eigenvalue weighted by Crippen LogP contribution is -2.40. The van der Waals surface area contributed by atoms with Crippen LogP contribution in [0, 0.1) is 6.92 Å². The van der Waals surface area contributed by atoms with Crippen molar-refractivity contribution in [1.29, 1.82) is 0 Å². The molecule has 2 heterocycles. The SMILES string of the molecule is CC(=O)c1c(O)c(C)c(O)c2c1OC1=CC(=O)C(=C(C)Nc3ccc4occc(=O)c4c3)C(=O)[C@@]12C. The second kappa shape index (κ2) is 7.67. The Morgan fingerprint density at radius 2 is 1.78 bits per heavy atom. The highest BCUT2D eigenvalue weighted by Crippen LogP contribution is 2.57. The van der Waals surface area contributed by atoms with Gasteiger partial charge < -0.3 is 24.7 Å². The highest BCUT2D eigenvalue weighted by atomic mass is 16.5. The number of ether oxygens (including phenoxy) is 1. The zero-order chi connectivity index (χ0) is 26.1. The monoisotopic (exact) mass is 487 g/mol. The molecule has 3 aromatic rings. The van der Waals surface area contributed by atoms with Crippen molar-refractivity contribution < 1.29 is 33.8 Å². The van der Waals surface area contributed by atoms with Crippen LogP contribution in [0.5, 0.6) is 17.2 Å². The Balaban J connectivity index is 1.66. The van der Waals surface area contributed by atoms with E-state index in [2.05, 4.69) is 5.32 Å². The molecule has 182 valence electrons. The van der Waals surface area contributed by atoms with Gasteiger partial charge in [-0.15, -0.1) is 0 Å². The molecule has 5 rings (SSSR count). The van der Waals surface area contributed by atoms with E-state index in [4.69, 9.17) is 9.15 Å². The van der Waals surface area contributed by atoms with E-state index in [0.29, 0.717) is 16.7 Å². The number of anilines is 1. The third-order valence-electron chi connectivity index (χ3n) is 6.75. The molecular formula is C27H21NO8. The second-order valence-electron chi connectivity index (χ2n) is 9.01. The van der Waals surface area contributed by atoms with Gasteiger partial charge in [0.1, 0.15) is 39.6 Å². The van der Waals surface area contributed by atoms with Gasteiger partial charge in [-0.2, -0.15) is 0 Å². The molecule has 9 nitrogen and oxygen atoms in total. The second-order valence-corrected chi connectivity index (χ2v) is 9.01. The summed E-state index contributed by atoms with van der Waals surface area (Å²) in [7, 11) is 0. The Morgan fingerprint density at radius 1 is 1.06 bits per heavy atom. The maximum Gasteiger partial charge on any atom is 0.194 e. The number of phenolic OH excluding ortho intramolecular Hbond substituents is 2. The first-order chi connectivity index (χ1) is 17.0. The lowest BCUT2D eigenvalue weighted by atomic mass is 9.70. The van der Waals surface area contributed by atoms with Crippen LogP contribution < -0.4 is 15.5 Å². The summed E-state index contributed by atoms with van der Waals surface area (Å²) in [6.45, 7) is 5.68. The number of carbonyl (C=O) groups is 3. The fourth-order valence-electron chi connectivity index (χ4n) is 4.80. The molecule has 0 spiro atoms. The molecule has 1 aliphatic heterocycles. The van der Waals surface area contributed by atoms with Crippen LogP contribution in [0.1, 0.15) is 42.3 Å². The fourth-order valence-corrected chi connectivity index (χ4v) is 4.80. The van der Waals surface area contributed by atoms with Crippen molar-refractivity contribution in [3.8, 4) is 17.2 Å². The molecule has 2 aliphatic rings. The van der Waals surface area contributed by atoms with Crippen molar-refractivity contribution in [2.45, 2.75) is 33.1 Å². The molecule has 1 atom stereocenters. The zero-order valence-electron chi connectivity index (χ0n) is 19.8. The summed E-state index contributed by atoms with van der Waals surface area (Å²) in [5.74, 6) is -2.84. The van der Waals surface area contributed by atoms with Crippen molar-refractivity contribution in [3.63, 3.8) is 0 Å². The Kier molecular flexibility index (Phi) is 4.92. The lowest BCUT2D eigenvalue weighted by molar-refractivity contribution is -0.123. The number of Topliss-reactive ketones (excluding diaryl/α,β-unsaturated/α-hetero) is 2. The number of hydrogen-bond acceptors (Lipinski definition) is 9. The van der Waals surface area contributed by atoms with Gasteiger partial charge in [0.05, 0.1) is 22.8 Å². The number of rotatable bonds is 3. The number of hydrogen-bond donors (Lipinski definition) is 3. The maximum atomic E-state index is 13.9. The first kappa shape index (κ1) is 23.1. The minimum absolute atomic E-state index is 0.0142. The highest BCUT2D eigenvalue weighted by molar-refractivity contribution is 6.31. The summed E-state index contributed by atoms with van der Waals surface area (Å²) >= 11 is 0. The number of phenols is 2. The normalized spacial score (nSPS) is 19.9. The number of aromatic hydroxyl groups is 2. The molecule has 1 aromatic heterocycles. The Bertz CT molecular complexity index is 1670. The smallest absolute Gasteiger partial charge is 0.194 e. The third kappa shape index (κ3) is 3.02. The number of ketones is 3. The minimum atomic E-state index is -1.61. The van der Waals surface area contributed by atoms with Gasteiger partial charge in [-0.3, -0.25) is 19.2 Å². The summed E-state index contributed by atoms with van der Waals surface area (Å²) < 4.78 is 11.1. The fraction of sp³-hybridized carbons (Fsp3) is 0.185. The predicted molar refractivity (Wildman–Crippen MR) is 129 cm³/mol. The predicted octanol–water partition coefficient (Wildman–Crippen LogP) is 3.79. The molecule has 3 N–H and O–H groups in total. The van der Waals surface area contributed by atoms with Crippen molar-refractivity contribution in [1.82, 2.24) is 0 Å². The van der Waals surface area contributed by atoms with Crippen molar-refractivity contribution in [2.24, 2.45) is 0 Å². The highest BCUT2D eigenvalue weighted by Gasteiger charge is 2.56. The quantitative estimate of drug-likeness (QED) is 0.286. The van der Waals surface area contributed by atoms with Crippen molar-refractivity contribution in [3.05, 3.63) is 80.5 Å². The third-order valence-corrected chi connectivity index (χ3v) is 6.75. The molecule has 0 bridgehead atoms. The summed E-state index contributed by atoms with van der Waals surface area (Å²) in [5.41, 5.74) is -1.11. The maximum absolute atomic E-state index is 13.9. The summed E-state index contributed by atoms with van der Waals surface area (Å²) in [5, 5.41) is 24.7. The van der Waals surface area contributed by atoms with Gasteiger partial charge >= 0.3 is 0 Å². The Labute approximate surface area is 204 Å². The van der Waals surface area contributed by atoms with Gasteiger partial charge in [-0.25, -0.2) is 0 Å². The van der Waals surface area contributed by atoms with E-state index in [0.717, 1.165) is 6.08 Å². The lowest BCUT2D eigenvalue weighted by Gasteiger charge is -2.29. The van der Waals surface area contributed by atoms with Crippen molar-refractivity contribution in [2.75, 3.05) is 5.32 Å². The van der Waals surface area contributed by atoms with Gasteiger partial charge in [-0.05, 0) is 45.9 Å². The summed E-state index contributed by atoms with van der Waals surface area (Å²) in [6.07, 6.45) is 2.44. The number of nitrogens with one attached hydrogen (secondary N) is 1. The molecule has 9 heteroatoms. The van der Waals surface area contributed by atoms with Crippen LogP contribution >= 0.6 is 0 Å². The zero-order valence-corrected chi connectivity index (χ0v) is 19.8. The molecule has 0 saturated carbocycles. The number of carbonyl (C=O) groups excluding carboxylic acids is 3. The Morgan fingerprint density at radius 3 is 2.47 bits per heavy atom. The molecule has 0 radical (unpaired) electrons. The molecule has 0 amide bonds. The topological polar surface area (TPSA) is 143 Å². The summed E-state index contributed by atoms with van der Waals surface area (Å²) in [6, 6.07) is 6.08. The van der Waals surface area contributed by atoms with Gasteiger partial charge in [0.2, 0.25) is 0 Å². The molecular weight excluding hydrogens is 466 g/mol. The Hall–Kier alpha value is -4.66. The molecule has 2 aromatic carbocycles. The average molecular weight is 487 g/mol. The van der Waals surface area contributed by atoms with Crippen LogP contribution in [-0.2, 0) is 15.0 Å². The van der Waals surface area contributed by atoms with Gasteiger partial charge in [-0.1, -0.05) is 0 Å². The average Bonchev–Trinajstić information content (AvgIpc) is 3.11. The number of fused-ring (bicyclic) bond motifs is 4. The van der Waals surface area contributed by atoms with Gasteiger partial charge in [0.15, 0.2) is 22.8 Å². The van der Waals surface area contributed by atoms with E-state index >= 15 is 0 Å². The van der Waals surface area contributed by atoms with Gasteiger partial charge in [0, 0.05) is 29.1 Å². The molecule has 1 aliphatic carbocycles. The van der Waals surface area contributed by atoms with E-state index in [1.54, 1.807) is 25.1 Å².